The summed E-state index contributed by atoms with van der Waals surface area (Å²) < 4.78 is 11.1. The number of piperidine rings is 1. The molecule has 31 heavy (non-hydrogen) atoms. The Kier molecular flexibility index (Phi) is 6.41. The van der Waals surface area contributed by atoms with Crippen LogP contribution in [0.5, 0.6) is 0 Å². The van der Waals surface area contributed by atoms with Gasteiger partial charge in [0, 0.05) is 42.3 Å². The third kappa shape index (κ3) is 4.97. The highest BCUT2D eigenvalue weighted by atomic mass is 35.5. The SMILES string of the molecule is Cc1cc(C(=O)N2CCC3(CC2)CN(C(=O)NCc2ccc(Cl)cc2Cl)CCO3)no1. The van der Waals surface area contributed by atoms with Gasteiger partial charge in [-0.05, 0) is 37.5 Å². The van der Waals surface area contributed by atoms with Crippen molar-refractivity contribution in [2.75, 3.05) is 32.8 Å². The van der Waals surface area contributed by atoms with Gasteiger partial charge in [0.05, 0.1) is 18.8 Å². The third-order valence-corrected chi connectivity index (χ3v) is 6.38. The first-order chi connectivity index (χ1) is 14.8. The van der Waals surface area contributed by atoms with E-state index in [1.807, 2.05) is 0 Å². The van der Waals surface area contributed by atoms with Crippen LogP contribution in [0.3, 0.4) is 0 Å². The number of hydrogen-bond acceptors (Lipinski definition) is 5. The lowest BCUT2D eigenvalue weighted by Crippen LogP contribution is -2.59. The van der Waals surface area contributed by atoms with E-state index in [0.29, 0.717) is 73.7 Å². The minimum atomic E-state index is -0.440. The summed E-state index contributed by atoms with van der Waals surface area (Å²) in [7, 11) is 0. The Hall–Kier alpha value is -2.29. The van der Waals surface area contributed by atoms with Crippen molar-refractivity contribution in [3.63, 3.8) is 0 Å². The molecular weight excluding hydrogens is 443 g/mol. The molecule has 0 atom stereocenters. The minimum Gasteiger partial charge on any atom is -0.371 e. The monoisotopic (exact) mass is 466 g/mol. The van der Waals surface area contributed by atoms with Gasteiger partial charge in [-0.25, -0.2) is 4.79 Å². The molecule has 1 spiro atoms. The van der Waals surface area contributed by atoms with Crippen LogP contribution >= 0.6 is 23.2 Å². The number of carbonyl (C=O) groups excluding carboxylic acids is 2. The first-order valence-electron chi connectivity index (χ1n) is 10.2. The van der Waals surface area contributed by atoms with E-state index >= 15 is 0 Å². The van der Waals surface area contributed by atoms with Crippen molar-refractivity contribution >= 4 is 35.1 Å². The number of nitrogens with one attached hydrogen (secondary N) is 1. The molecule has 166 valence electrons. The van der Waals surface area contributed by atoms with Crippen LogP contribution in [0.2, 0.25) is 10.0 Å². The molecule has 2 aliphatic heterocycles. The summed E-state index contributed by atoms with van der Waals surface area (Å²) in [4.78, 5) is 28.9. The summed E-state index contributed by atoms with van der Waals surface area (Å²) in [5.74, 6) is 0.464. The van der Waals surface area contributed by atoms with E-state index in [4.69, 9.17) is 32.5 Å². The predicted octanol–water partition coefficient (Wildman–Crippen LogP) is 3.51. The second kappa shape index (κ2) is 9.06. The average molecular weight is 467 g/mol. The quantitative estimate of drug-likeness (QED) is 0.747. The van der Waals surface area contributed by atoms with Gasteiger partial charge in [-0.1, -0.05) is 34.4 Å². The van der Waals surface area contributed by atoms with Crippen LogP contribution in [0.4, 0.5) is 4.79 Å². The Morgan fingerprint density at radius 3 is 2.61 bits per heavy atom. The van der Waals surface area contributed by atoms with Crippen LogP contribution < -0.4 is 5.32 Å². The van der Waals surface area contributed by atoms with E-state index < -0.39 is 5.60 Å². The fourth-order valence-electron chi connectivity index (χ4n) is 4.01. The Bertz CT molecular complexity index is 972. The summed E-state index contributed by atoms with van der Waals surface area (Å²) in [6.07, 6.45) is 1.31. The maximum Gasteiger partial charge on any atom is 0.317 e. The zero-order valence-corrected chi connectivity index (χ0v) is 18.7. The molecule has 0 saturated carbocycles. The number of rotatable bonds is 3. The van der Waals surface area contributed by atoms with E-state index in [1.165, 1.54) is 0 Å². The summed E-state index contributed by atoms with van der Waals surface area (Å²) in [6, 6.07) is 6.68. The number of aromatic nitrogens is 1. The number of hydrogen-bond donors (Lipinski definition) is 1. The number of halogens is 2. The van der Waals surface area contributed by atoms with Gasteiger partial charge in [-0.15, -0.1) is 0 Å². The molecule has 2 aliphatic rings. The van der Waals surface area contributed by atoms with Crippen molar-refractivity contribution in [1.82, 2.24) is 20.3 Å². The normalized spacial score (nSPS) is 18.3. The van der Waals surface area contributed by atoms with Gasteiger partial charge in [0.1, 0.15) is 5.76 Å². The van der Waals surface area contributed by atoms with E-state index in [-0.39, 0.29) is 11.9 Å². The summed E-state index contributed by atoms with van der Waals surface area (Å²) >= 11 is 12.1. The van der Waals surface area contributed by atoms with Crippen molar-refractivity contribution in [2.45, 2.75) is 31.9 Å². The van der Waals surface area contributed by atoms with E-state index in [2.05, 4.69) is 10.5 Å². The van der Waals surface area contributed by atoms with Gasteiger partial charge in [-0.2, -0.15) is 0 Å². The molecule has 2 fully saturated rings. The Morgan fingerprint density at radius 2 is 1.94 bits per heavy atom. The van der Waals surface area contributed by atoms with Gasteiger partial charge in [0.2, 0.25) is 0 Å². The molecule has 1 aromatic carbocycles. The van der Waals surface area contributed by atoms with Crippen LogP contribution in [-0.2, 0) is 11.3 Å². The fraction of sp³-hybridized carbons (Fsp3) is 0.476. The predicted molar refractivity (Wildman–Crippen MR) is 115 cm³/mol. The minimum absolute atomic E-state index is 0.142. The topological polar surface area (TPSA) is 87.9 Å². The number of morpholine rings is 1. The molecule has 1 N–H and O–H groups in total. The smallest absolute Gasteiger partial charge is 0.317 e. The molecule has 10 heteroatoms. The van der Waals surface area contributed by atoms with Crippen LogP contribution in [-0.4, -0.2) is 65.3 Å². The Morgan fingerprint density at radius 1 is 1.16 bits per heavy atom. The maximum absolute atomic E-state index is 12.7. The lowest BCUT2D eigenvalue weighted by Gasteiger charge is -2.47. The zero-order valence-electron chi connectivity index (χ0n) is 17.2. The number of nitrogens with zero attached hydrogens (tertiary/aromatic N) is 3. The summed E-state index contributed by atoms with van der Waals surface area (Å²) in [6.45, 7) is 4.62. The molecule has 4 rings (SSSR count). The average Bonchev–Trinajstić information content (AvgIpc) is 3.19. The van der Waals surface area contributed by atoms with Gasteiger partial charge in [-0.3, -0.25) is 4.79 Å². The molecule has 0 aliphatic carbocycles. The second-order valence-corrected chi connectivity index (χ2v) is 8.81. The standard InChI is InChI=1S/C21H24Cl2N4O4/c1-14-10-18(25-31-14)19(28)26-6-4-21(5-7-26)13-27(8-9-30-21)20(29)24-12-15-2-3-16(22)11-17(15)23/h2-3,10-11H,4-9,12-13H2,1H3,(H,24,29). The lowest BCUT2D eigenvalue weighted by molar-refractivity contribution is -0.122. The number of urea groups is 1. The second-order valence-electron chi connectivity index (χ2n) is 7.96. The van der Waals surface area contributed by atoms with Crippen molar-refractivity contribution in [3.8, 4) is 0 Å². The van der Waals surface area contributed by atoms with Crippen LogP contribution in [0.25, 0.3) is 0 Å². The molecule has 1 aromatic heterocycles. The van der Waals surface area contributed by atoms with Crippen LogP contribution in [0.1, 0.15) is 34.7 Å². The van der Waals surface area contributed by atoms with Crippen molar-refractivity contribution in [3.05, 3.63) is 51.3 Å². The number of aryl methyl sites for hydroxylation is 1. The van der Waals surface area contributed by atoms with Crippen molar-refractivity contribution < 1.29 is 18.8 Å². The molecule has 0 unspecified atom stereocenters. The molecule has 8 nitrogen and oxygen atoms in total. The highest BCUT2D eigenvalue weighted by Gasteiger charge is 2.42. The van der Waals surface area contributed by atoms with Gasteiger partial charge in [0.15, 0.2) is 5.69 Å². The molecule has 0 bridgehead atoms. The Labute approximate surface area is 190 Å². The maximum atomic E-state index is 12.7. The van der Waals surface area contributed by atoms with E-state index in [0.717, 1.165) is 5.56 Å². The highest BCUT2D eigenvalue weighted by Crippen LogP contribution is 2.31. The van der Waals surface area contributed by atoms with Gasteiger partial charge < -0.3 is 24.4 Å². The largest absolute Gasteiger partial charge is 0.371 e. The van der Waals surface area contributed by atoms with Gasteiger partial charge in [0.25, 0.3) is 5.91 Å². The number of ether oxygens (including phenoxy) is 1. The van der Waals surface area contributed by atoms with Crippen LogP contribution in [0.15, 0.2) is 28.8 Å². The van der Waals surface area contributed by atoms with Gasteiger partial charge >= 0.3 is 6.03 Å². The molecule has 3 heterocycles. The first kappa shape index (κ1) is 21.9. The van der Waals surface area contributed by atoms with Crippen molar-refractivity contribution in [2.24, 2.45) is 0 Å². The number of likely N-dealkylation sites (tertiary alicyclic amines) is 1. The summed E-state index contributed by atoms with van der Waals surface area (Å²) in [5, 5.41) is 7.81. The fourth-order valence-corrected chi connectivity index (χ4v) is 4.49. The molecular formula is C21H24Cl2N4O4. The molecule has 3 amide bonds. The van der Waals surface area contributed by atoms with Crippen LogP contribution in [0, 0.1) is 6.92 Å². The van der Waals surface area contributed by atoms with E-state index in [9.17, 15) is 9.59 Å². The van der Waals surface area contributed by atoms with Crippen molar-refractivity contribution in [1.29, 1.82) is 0 Å². The molecule has 2 saturated heterocycles. The number of amides is 3. The summed E-state index contributed by atoms with van der Waals surface area (Å²) in [5.41, 5.74) is 0.682. The molecule has 0 radical (unpaired) electrons. The highest BCUT2D eigenvalue weighted by molar-refractivity contribution is 6.35. The molecule has 2 aromatic rings. The number of benzene rings is 1. The lowest BCUT2D eigenvalue weighted by atomic mass is 9.89. The van der Waals surface area contributed by atoms with E-state index in [1.54, 1.807) is 41.0 Å². The number of carbonyl (C=O) groups is 2. The Balaban J connectivity index is 1.32. The zero-order chi connectivity index (χ0) is 22.0. The first-order valence-corrected chi connectivity index (χ1v) is 10.9. The third-order valence-electron chi connectivity index (χ3n) is 5.79.